The molecule has 0 aliphatic rings. The molecule has 0 atom stereocenters. The third-order valence-corrected chi connectivity index (χ3v) is 3.33. The van der Waals surface area contributed by atoms with Gasteiger partial charge in [0.05, 0.1) is 6.42 Å². The van der Waals surface area contributed by atoms with E-state index in [9.17, 15) is 13.2 Å². The highest BCUT2D eigenvalue weighted by molar-refractivity contribution is 5.27. The zero-order valence-corrected chi connectivity index (χ0v) is 13.0. The summed E-state index contributed by atoms with van der Waals surface area (Å²) in [5.41, 5.74) is 2.87. The molecular formula is C15H24F3N3. The van der Waals surface area contributed by atoms with Gasteiger partial charge in [0.2, 0.25) is 0 Å². The fourth-order valence-electron chi connectivity index (χ4n) is 2.27. The largest absolute Gasteiger partial charge is 0.389 e. The number of nitrogens with one attached hydrogen (secondary N) is 1. The molecule has 1 aromatic rings. The predicted molar refractivity (Wildman–Crippen MR) is 77.4 cm³/mol. The Morgan fingerprint density at radius 3 is 1.95 bits per heavy atom. The third kappa shape index (κ3) is 5.99. The molecule has 1 aromatic heterocycles. The van der Waals surface area contributed by atoms with Gasteiger partial charge in [-0.2, -0.15) is 13.2 Å². The van der Waals surface area contributed by atoms with E-state index >= 15 is 0 Å². The van der Waals surface area contributed by atoms with Crippen molar-refractivity contribution in [3.63, 3.8) is 0 Å². The van der Waals surface area contributed by atoms with E-state index in [-0.39, 0.29) is 6.42 Å². The topological polar surface area (TPSA) is 37.8 Å². The van der Waals surface area contributed by atoms with Gasteiger partial charge < -0.3 is 5.32 Å². The number of halogens is 3. The molecule has 1 heterocycles. The highest BCUT2D eigenvalue weighted by Crippen LogP contribution is 2.22. The lowest BCUT2D eigenvalue weighted by Crippen LogP contribution is -2.19. The Kier molecular flexibility index (Phi) is 7.08. The molecule has 1 N–H and O–H groups in total. The Morgan fingerprint density at radius 1 is 0.952 bits per heavy atom. The van der Waals surface area contributed by atoms with Crippen molar-refractivity contribution in [3.8, 4) is 0 Å². The smallest absolute Gasteiger partial charge is 0.317 e. The Morgan fingerprint density at radius 2 is 1.52 bits per heavy atom. The fourth-order valence-corrected chi connectivity index (χ4v) is 2.27. The molecule has 120 valence electrons. The summed E-state index contributed by atoms with van der Waals surface area (Å²) in [6, 6.07) is 0. The molecule has 0 bridgehead atoms. The average molecular weight is 303 g/mol. The second-order valence-corrected chi connectivity index (χ2v) is 4.94. The lowest BCUT2D eigenvalue weighted by molar-refractivity contribution is -0.134. The maximum Gasteiger partial charge on any atom is 0.389 e. The Bertz CT molecular complexity index is 419. The van der Waals surface area contributed by atoms with Gasteiger partial charge in [0.25, 0.3) is 0 Å². The van der Waals surface area contributed by atoms with Crippen molar-refractivity contribution in [2.45, 2.75) is 59.1 Å². The SMILES string of the molecule is CCNCCc1c(CC)nc(CCC(F)(F)F)nc1CC. The summed E-state index contributed by atoms with van der Waals surface area (Å²) in [5, 5.41) is 3.25. The molecular weight excluding hydrogens is 279 g/mol. The van der Waals surface area contributed by atoms with Crippen LogP contribution in [0.5, 0.6) is 0 Å². The molecule has 0 saturated carbocycles. The van der Waals surface area contributed by atoms with Gasteiger partial charge in [-0.05, 0) is 37.9 Å². The van der Waals surface area contributed by atoms with Gasteiger partial charge in [0.15, 0.2) is 0 Å². The van der Waals surface area contributed by atoms with Gasteiger partial charge in [0.1, 0.15) is 5.82 Å². The minimum absolute atomic E-state index is 0.142. The third-order valence-electron chi connectivity index (χ3n) is 3.33. The van der Waals surface area contributed by atoms with E-state index in [0.717, 1.165) is 49.3 Å². The van der Waals surface area contributed by atoms with Crippen LogP contribution in [-0.4, -0.2) is 29.2 Å². The summed E-state index contributed by atoms with van der Waals surface area (Å²) >= 11 is 0. The van der Waals surface area contributed by atoms with Crippen LogP contribution in [0.3, 0.4) is 0 Å². The number of likely N-dealkylation sites (N-methyl/N-ethyl adjacent to an activating group) is 1. The summed E-state index contributed by atoms with van der Waals surface area (Å²) in [6.07, 6.45) is -2.91. The molecule has 3 nitrogen and oxygen atoms in total. The van der Waals surface area contributed by atoms with Crippen molar-refractivity contribution >= 4 is 0 Å². The van der Waals surface area contributed by atoms with E-state index in [1.165, 1.54) is 0 Å². The number of alkyl halides is 3. The van der Waals surface area contributed by atoms with Crippen LogP contribution in [0.25, 0.3) is 0 Å². The van der Waals surface area contributed by atoms with E-state index < -0.39 is 12.6 Å². The van der Waals surface area contributed by atoms with Gasteiger partial charge in [-0.15, -0.1) is 0 Å². The van der Waals surface area contributed by atoms with Crippen LogP contribution in [0, 0.1) is 0 Å². The number of aromatic nitrogens is 2. The minimum atomic E-state index is -4.16. The van der Waals surface area contributed by atoms with Crippen molar-refractivity contribution in [1.82, 2.24) is 15.3 Å². The Balaban J connectivity index is 2.94. The Hall–Kier alpha value is -1.17. The van der Waals surface area contributed by atoms with Crippen LogP contribution in [0.2, 0.25) is 0 Å². The normalized spacial score (nSPS) is 11.9. The maximum atomic E-state index is 12.3. The van der Waals surface area contributed by atoms with Crippen LogP contribution in [0.4, 0.5) is 13.2 Å². The van der Waals surface area contributed by atoms with Crippen LogP contribution >= 0.6 is 0 Å². The van der Waals surface area contributed by atoms with Gasteiger partial charge in [-0.25, -0.2) is 9.97 Å². The van der Waals surface area contributed by atoms with E-state index in [2.05, 4.69) is 15.3 Å². The molecule has 0 spiro atoms. The summed E-state index contributed by atoms with van der Waals surface area (Å²) in [7, 11) is 0. The molecule has 1 rings (SSSR count). The quantitative estimate of drug-likeness (QED) is 0.749. The van der Waals surface area contributed by atoms with Gasteiger partial charge in [-0.1, -0.05) is 20.8 Å². The van der Waals surface area contributed by atoms with Crippen molar-refractivity contribution in [2.24, 2.45) is 0 Å². The van der Waals surface area contributed by atoms with Gasteiger partial charge >= 0.3 is 6.18 Å². The van der Waals surface area contributed by atoms with Crippen LogP contribution in [0.1, 0.15) is 50.0 Å². The predicted octanol–water partition coefficient (Wildman–Crippen LogP) is 3.25. The monoisotopic (exact) mass is 303 g/mol. The first kappa shape index (κ1) is 17.9. The first-order valence-electron chi connectivity index (χ1n) is 7.56. The average Bonchev–Trinajstić information content (AvgIpc) is 2.44. The van der Waals surface area contributed by atoms with Gasteiger partial charge in [0, 0.05) is 17.8 Å². The van der Waals surface area contributed by atoms with E-state index in [0.29, 0.717) is 5.82 Å². The highest BCUT2D eigenvalue weighted by atomic mass is 19.4. The van der Waals surface area contributed by atoms with Crippen molar-refractivity contribution in [2.75, 3.05) is 13.1 Å². The molecule has 0 unspecified atom stereocenters. The van der Waals surface area contributed by atoms with E-state index in [4.69, 9.17) is 0 Å². The molecule has 0 fully saturated rings. The molecule has 0 aliphatic carbocycles. The summed E-state index contributed by atoms with van der Waals surface area (Å²) in [5.74, 6) is 0.313. The lowest BCUT2D eigenvalue weighted by Gasteiger charge is -2.14. The van der Waals surface area contributed by atoms with Crippen LogP contribution in [-0.2, 0) is 25.7 Å². The minimum Gasteiger partial charge on any atom is -0.317 e. The lowest BCUT2D eigenvalue weighted by atomic mass is 10.0. The van der Waals surface area contributed by atoms with Crippen molar-refractivity contribution in [1.29, 1.82) is 0 Å². The second kappa shape index (κ2) is 8.32. The summed E-state index contributed by atoms with van der Waals surface area (Å²) < 4.78 is 37.0. The fraction of sp³-hybridized carbons (Fsp3) is 0.733. The van der Waals surface area contributed by atoms with Crippen molar-refractivity contribution < 1.29 is 13.2 Å². The molecule has 6 heteroatoms. The zero-order chi connectivity index (χ0) is 15.9. The number of aryl methyl sites for hydroxylation is 3. The maximum absolute atomic E-state index is 12.3. The van der Waals surface area contributed by atoms with Crippen LogP contribution in [0.15, 0.2) is 0 Å². The van der Waals surface area contributed by atoms with Crippen molar-refractivity contribution in [3.05, 3.63) is 22.8 Å². The molecule has 21 heavy (non-hydrogen) atoms. The van der Waals surface area contributed by atoms with Gasteiger partial charge in [-0.3, -0.25) is 0 Å². The zero-order valence-electron chi connectivity index (χ0n) is 13.0. The molecule has 0 radical (unpaired) electrons. The standard InChI is InChI=1S/C15H24F3N3/c1-4-12-11(8-10-19-6-3)13(5-2)21-14(20-12)7-9-15(16,17)18/h19H,4-10H2,1-3H3. The number of hydrogen-bond acceptors (Lipinski definition) is 3. The van der Waals surface area contributed by atoms with E-state index in [1.54, 1.807) is 0 Å². The second-order valence-electron chi connectivity index (χ2n) is 4.94. The number of hydrogen-bond donors (Lipinski definition) is 1. The number of rotatable bonds is 8. The Labute approximate surface area is 124 Å². The molecule has 0 aliphatic heterocycles. The first-order valence-corrected chi connectivity index (χ1v) is 7.56. The highest BCUT2D eigenvalue weighted by Gasteiger charge is 2.27. The number of nitrogens with zero attached hydrogens (tertiary/aromatic N) is 2. The molecule has 0 aromatic carbocycles. The summed E-state index contributed by atoms with van der Waals surface area (Å²) in [4.78, 5) is 8.69. The molecule has 0 saturated heterocycles. The van der Waals surface area contributed by atoms with Crippen LogP contribution < -0.4 is 5.32 Å². The molecule has 0 amide bonds. The van der Waals surface area contributed by atoms with E-state index in [1.807, 2.05) is 20.8 Å². The summed E-state index contributed by atoms with van der Waals surface area (Å²) in [6.45, 7) is 7.73. The first-order chi connectivity index (χ1) is 9.91.